The van der Waals surface area contributed by atoms with E-state index < -0.39 is 17.8 Å². The van der Waals surface area contributed by atoms with Gasteiger partial charge < -0.3 is 14.8 Å². The van der Waals surface area contributed by atoms with Gasteiger partial charge in [0.05, 0.1) is 16.3 Å². The van der Waals surface area contributed by atoms with E-state index in [0.717, 1.165) is 18.2 Å². The molecule has 1 heterocycles. The van der Waals surface area contributed by atoms with Crippen LogP contribution in [0.5, 0.6) is 17.2 Å². The third-order valence-corrected chi connectivity index (χ3v) is 3.66. The Hall–Kier alpha value is -2.41. The molecule has 8 heteroatoms. The smallest absolute Gasteiger partial charge is 0.416 e. The molecule has 1 amide bonds. The van der Waals surface area contributed by atoms with Gasteiger partial charge in [-0.25, -0.2) is 0 Å². The van der Waals surface area contributed by atoms with Crippen LogP contribution in [0.1, 0.15) is 12.5 Å². The number of fused-ring (bicyclic) bond motifs is 1. The van der Waals surface area contributed by atoms with Crippen molar-refractivity contribution in [2.45, 2.75) is 19.2 Å². The first-order valence-electron chi connectivity index (χ1n) is 6.90. The van der Waals surface area contributed by atoms with Crippen molar-refractivity contribution in [3.63, 3.8) is 0 Å². The number of ether oxygens (including phenoxy) is 2. The summed E-state index contributed by atoms with van der Waals surface area (Å²) in [5, 5.41) is 2.48. The van der Waals surface area contributed by atoms with Crippen LogP contribution in [-0.4, -0.2) is 12.0 Å². The van der Waals surface area contributed by atoms with E-state index >= 15 is 0 Å². The van der Waals surface area contributed by atoms with Crippen molar-refractivity contribution >= 4 is 23.2 Å². The summed E-state index contributed by atoms with van der Waals surface area (Å²) in [4.78, 5) is 11.6. The zero-order chi connectivity index (χ0) is 17.5. The normalized spacial score (nSPS) is 16.9. The second-order valence-electron chi connectivity index (χ2n) is 5.15. The van der Waals surface area contributed by atoms with Gasteiger partial charge >= 0.3 is 6.18 Å². The van der Waals surface area contributed by atoms with Crippen molar-refractivity contribution in [3.8, 4) is 17.2 Å². The van der Waals surface area contributed by atoms with Crippen molar-refractivity contribution in [2.24, 2.45) is 0 Å². The molecule has 1 aliphatic rings. The minimum Gasteiger partial charge on any atom is -0.479 e. The summed E-state index contributed by atoms with van der Waals surface area (Å²) in [6.07, 6.45) is -5.08. The van der Waals surface area contributed by atoms with Crippen LogP contribution in [0.4, 0.5) is 18.9 Å². The van der Waals surface area contributed by atoms with E-state index in [4.69, 9.17) is 21.1 Å². The number of alkyl halides is 3. The monoisotopic (exact) mass is 357 g/mol. The van der Waals surface area contributed by atoms with Gasteiger partial charge in [-0.1, -0.05) is 11.6 Å². The molecule has 3 rings (SSSR count). The number of benzene rings is 2. The maximum absolute atomic E-state index is 12.6. The second kappa shape index (κ2) is 5.90. The summed E-state index contributed by atoms with van der Waals surface area (Å²) in [7, 11) is 0. The highest BCUT2D eigenvalue weighted by molar-refractivity contribution is 6.32. The third kappa shape index (κ3) is 3.26. The first-order chi connectivity index (χ1) is 11.2. The topological polar surface area (TPSA) is 47.6 Å². The Balaban J connectivity index is 1.85. The minimum atomic E-state index is -4.48. The summed E-state index contributed by atoms with van der Waals surface area (Å²) in [5.41, 5.74) is -0.446. The van der Waals surface area contributed by atoms with Gasteiger partial charge in [0.2, 0.25) is 0 Å². The van der Waals surface area contributed by atoms with E-state index in [9.17, 15) is 18.0 Å². The molecular formula is C16H11ClF3NO3. The van der Waals surface area contributed by atoms with Gasteiger partial charge in [0, 0.05) is 6.07 Å². The van der Waals surface area contributed by atoms with Crippen LogP contribution in [-0.2, 0) is 11.0 Å². The molecule has 1 atom stereocenters. The Morgan fingerprint density at radius 2 is 1.96 bits per heavy atom. The zero-order valence-electron chi connectivity index (χ0n) is 12.3. The van der Waals surface area contributed by atoms with Crippen molar-refractivity contribution < 1.29 is 27.4 Å². The number of carbonyl (C=O) groups excluding carboxylic acids is 1. The molecule has 2 aromatic rings. The molecule has 1 aliphatic heterocycles. The van der Waals surface area contributed by atoms with Gasteiger partial charge in [0.15, 0.2) is 6.10 Å². The quantitative estimate of drug-likeness (QED) is 0.834. The Morgan fingerprint density at radius 1 is 1.21 bits per heavy atom. The summed E-state index contributed by atoms with van der Waals surface area (Å²) < 4.78 is 48.8. The second-order valence-corrected chi connectivity index (χ2v) is 5.56. The zero-order valence-corrected chi connectivity index (χ0v) is 13.0. The fraction of sp³-hybridized carbons (Fsp3) is 0.188. The lowest BCUT2D eigenvalue weighted by Gasteiger charge is -2.23. The number of amides is 1. The van der Waals surface area contributed by atoms with Gasteiger partial charge in [-0.15, -0.1) is 0 Å². The molecule has 0 spiro atoms. The highest BCUT2D eigenvalue weighted by atomic mass is 35.5. The Bertz CT molecular complexity index is 808. The molecule has 0 saturated carbocycles. The summed E-state index contributed by atoms with van der Waals surface area (Å²) in [6.45, 7) is 1.62. The average Bonchev–Trinajstić information content (AvgIpc) is 2.49. The van der Waals surface area contributed by atoms with E-state index in [-0.39, 0.29) is 16.7 Å². The van der Waals surface area contributed by atoms with Gasteiger partial charge in [0.25, 0.3) is 5.91 Å². The fourth-order valence-corrected chi connectivity index (χ4v) is 2.36. The minimum absolute atomic E-state index is 0.0704. The van der Waals surface area contributed by atoms with Crippen molar-refractivity contribution in [1.82, 2.24) is 0 Å². The molecule has 24 heavy (non-hydrogen) atoms. The molecule has 4 nitrogen and oxygen atoms in total. The molecule has 0 bridgehead atoms. The van der Waals surface area contributed by atoms with Crippen LogP contribution in [0.2, 0.25) is 5.02 Å². The molecule has 0 saturated heterocycles. The van der Waals surface area contributed by atoms with Crippen LogP contribution in [0.3, 0.4) is 0 Å². The third-order valence-electron chi connectivity index (χ3n) is 3.37. The molecule has 0 radical (unpaired) electrons. The van der Waals surface area contributed by atoms with E-state index in [1.54, 1.807) is 19.1 Å². The van der Waals surface area contributed by atoms with Crippen LogP contribution in [0.25, 0.3) is 0 Å². The van der Waals surface area contributed by atoms with Crippen molar-refractivity contribution in [3.05, 3.63) is 47.0 Å². The number of anilines is 1. The molecule has 1 N–H and O–H groups in total. The number of hydrogen-bond acceptors (Lipinski definition) is 3. The molecule has 0 fully saturated rings. The fourth-order valence-electron chi connectivity index (χ4n) is 2.14. The van der Waals surface area contributed by atoms with Crippen molar-refractivity contribution in [2.75, 3.05) is 5.32 Å². The molecular weight excluding hydrogens is 347 g/mol. The SMILES string of the molecule is CC1Oc2ccc(Oc3ccc(C(F)(F)F)cc3Cl)cc2NC1=O. The molecule has 2 aromatic carbocycles. The predicted octanol–water partition coefficient (Wildman–Crippen LogP) is 4.87. The summed E-state index contributed by atoms with van der Waals surface area (Å²) in [5.74, 6) is 0.551. The Kier molecular flexibility index (Phi) is 4.04. The number of halogens is 4. The predicted molar refractivity (Wildman–Crippen MR) is 81.7 cm³/mol. The highest BCUT2D eigenvalue weighted by Gasteiger charge is 2.31. The average molecular weight is 358 g/mol. The maximum Gasteiger partial charge on any atom is 0.416 e. The van der Waals surface area contributed by atoms with Crippen LogP contribution in [0.15, 0.2) is 36.4 Å². The lowest BCUT2D eigenvalue weighted by atomic mass is 10.2. The van der Waals surface area contributed by atoms with Crippen LogP contribution < -0.4 is 14.8 Å². The van der Waals surface area contributed by atoms with Gasteiger partial charge in [0.1, 0.15) is 17.2 Å². The van der Waals surface area contributed by atoms with Crippen molar-refractivity contribution in [1.29, 1.82) is 0 Å². The van der Waals surface area contributed by atoms with Crippen LogP contribution >= 0.6 is 11.6 Å². The molecule has 1 unspecified atom stereocenters. The largest absolute Gasteiger partial charge is 0.479 e. The molecule has 0 aliphatic carbocycles. The Morgan fingerprint density at radius 3 is 2.62 bits per heavy atom. The summed E-state index contributed by atoms with van der Waals surface area (Å²) in [6, 6.07) is 7.48. The van der Waals surface area contributed by atoms with E-state index in [2.05, 4.69) is 5.32 Å². The molecule has 0 aromatic heterocycles. The van der Waals surface area contributed by atoms with Gasteiger partial charge in [-0.3, -0.25) is 4.79 Å². The first-order valence-corrected chi connectivity index (χ1v) is 7.28. The Labute approximate surface area is 140 Å². The number of nitrogens with one attached hydrogen (secondary N) is 1. The number of carbonyl (C=O) groups is 1. The summed E-state index contributed by atoms with van der Waals surface area (Å²) >= 11 is 5.85. The number of rotatable bonds is 2. The maximum atomic E-state index is 12.6. The standard InChI is InChI=1S/C16H11ClF3NO3/c1-8-15(22)21-12-7-10(3-5-14(12)23-8)24-13-4-2-9(6-11(13)17)16(18,19)20/h2-8H,1H3,(H,21,22). The molecule has 126 valence electrons. The first kappa shape index (κ1) is 16.4. The van der Waals surface area contributed by atoms with Crippen LogP contribution in [0, 0.1) is 0 Å². The lowest BCUT2D eigenvalue weighted by molar-refractivity contribution is -0.137. The van der Waals surface area contributed by atoms with E-state index in [0.29, 0.717) is 17.2 Å². The van der Waals surface area contributed by atoms with E-state index in [1.165, 1.54) is 6.07 Å². The van der Waals surface area contributed by atoms with Gasteiger partial charge in [-0.2, -0.15) is 13.2 Å². The highest BCUT2D eigenvalue weighted by Crippen LogP contribution is 2.38. The van der Waals surface area contributed by atoms with Gasteiger partial charge in [-0.05, 0) is 37.3 Å². The number of hydrogen-bond donors (Lipinski definition) is 1. The van der Waals surface area contributed by atoms with E-state index in [1.807, 2.05) is 0 Å². The lowest BCUT2D eigenvalue weighted by Crippen LogP contribution is -2.34.